The van der Waals surface area contributed by atoms with Crippen LogP contribution >= 0.6 is 0 Å². The predicted octanol–water partition coefficient (Wildman–Crippen LogP) is 2.25. The van der Waals surface area contributed by atoms with E-state index in [2.05, 4.69) is 11.8 Å². The molecule has 2 fully saturated rings. The average Bonchev–Trinajstić information content (AvgIpc) is 2.40. The molecule has 0 aromatic rings. The van der Waals surface area contributed by atoms with E-state index in [-0.39, 0.29) is 0 Å². The van der Waals surface area contributed by atoms with Crippen molar-refractivity contribution < 1.29 is 4.74 Å². The van der Waals surface area contributed by atoms with Crippen molar-refractivity contribution >= 4 is 0 Å². The summed E-state index contributed by atoms with van der Waals surface area (Å²) in [6.45, 7) is 7.61. The van der Waals surface area contributed by atoms with E-state index in [0.29, 0.717) is 6.04 Å². The van der Waals surface area contributed by atoms with E-state index in [1.807, 2.05) is 0 Å². The van der Waals surface area contributed by atoms with Crippen LogP contribution in [0.25, 0.3) is 0 Å². The Morgan fingerprint density at radius 2 is 2.00 bits per heavy atom. The van der Waals surface area contributed by atoms with Crippen molar-refractivity contribution in [3.05, 3.63) is 0 Å². The van der Waals surface area contributed by atoms with E-state index in [1.165, 1.54) is 58.2 Å². The number of rotatable bonds is 5. The molecule has 2 N–H and O–H groups in total. The smallest absolute Gasteiger partial charge is 0.0506 e. The molecule has 3 atom stereocenters. The Morgan fingerprint density at radius 1 is 1.17 bits per heavy atom. The van der Waals surface area contributed by atoms with Crippen LogP contribution in [-0.2, 0) is 4.74 Å². The van der Waals surface area contributed by atoms with Crippen LogP contribution in [0.2, 0.25) is 0 Å². The molecule has 2 rings (SSSR count). The third kappa shape index (κ3) is 4.22. The third-order valence-electron chi connectivity index (χ3n) is 4.62. The molecule has 0 bridgehead atoms. The van der Waals surface area contributed by atoms with Gasteiger partial charge in [-0.25, -0.2) is 0 Å². The highest BCUT2D eigenvalue weighted by atomic mass is 16.5. The Morgan fingerprint density at radius 3 is 2.78 bits per heavy atom. The number of piperidine rings is 1. The van der Waals surface area contributed by atoms with E-state index in [1.54, 1.807) is 0 Å². The number of nitrogens with zero attached hydrogens (tertiary/aromatic N) is 1. The average molecular weight is 254 g/mol. The van der Waals surface area contributed by atoms with Crippen LogP contribution in [0.5, 0.6) is 0 Å². The van der Waals surface area contributed by atoms with Gasteiger partial charge in [-0.2, -0.15) is 0 Å². The third-order valence-corrected chi connectivity index (χ3v) is 4.62. The summed E-state index contributed by atoms with van der Waals surface area (Å²) in [5.41, 5.74) is 6.26. The Balaban J connectivity index is 1.74. The topological polar surface area (TPSA) is 38.5 Å². The minimum Gasteiger partial charge on any atom is -0.381 e. The molecule has 2 unspecified atom stereocenters. The van der Waals surface area contributed by atoms with Crippen LogP contribution in [0.1, 0.15) is 45.4 Å². The van der Waals surface area contributed by atoms with Gasteiger partial charge in [-0.1, -0.05) is 12.8 Å². The monoisotopic (exact) mass is 254 g/mol. The lowest BCUT2D eigenvalue weighted by Crippen LogP contribution is -2.45. The minimum absolute atomic E-state index is 0.450. The number of ether oxygens (including phenoxy) is 1. The summed E-state index contributed by atoms with van der Waals surface area (Å²) in [6.07, 6.45) is 7.97. The summed E-state index contributed by atoms with van der Waals surface area (Å²) in [7, 11) is 0. The molecule has 106 valence electrons. The van der Waals surface area contributed by atoms with Gasteiger partial charge in [0.2, 0.25) is 0 Å². The summed E-state index contributed by atoms with van der Waals surface area (Å²) < 4.78 is 5.58. The molecule has 0 radical (unpaired) electrons. The molecule has 3 heteroatoms. The molecule has 1 aliphatic heterocycles. The number of likely N-dealkylation sites (tertiary alicyclic amines) is 1. The molecular weight excluding hydrogens is 224 g/mol. The molecule has 3 nitrogen and oxygen atoms in total. The Hall–Kier alpha value is -0.120. The first-order valence-corrected chi connectivity index (χ1v) is 7.85. The van der Waals surface area contributed by atoms with E-state index in [4.69, 9.17) is 10.5 Å². The van der Waals surface area contributed by atoms with E-state index >= 15 is 0 Å². The molecule has 0 amide bonds. The Kier molecular flexibility index (Phi) is 5.93. The van der Waals surface area contributed by atoms with Gasteiger partial charge < -0.3 is 15.4 Å². The van der Waals surface area contributed by atoms with Crippen LogP contribution in [0, 0.1) is 11.8 Å². The van der Waals surface area contributed by atoms with Gasteiger partial charge >= 0.3 is 0 Å². The second-order valence-corrected chi connectivity index (χ2v) is 6.14. The normalized spacial score (nSPS) is 34.7. The summed E-state index contributed by atoms with van der Waals surface area (Å²) in [5, 5.41) is 0. The number of hydrogen-bond donors (Lipinski definition) is 1. The fourth-order valence-electron chi connectivity index (χ4n) is 3.53. The SMILES string of the molecule is CCOCC1CCCN(C[C@@H]2CCCCC2N)C1. The van der Waals surface area contributed by atoms with Crippen LogP contribution in [0.4, 0.5) is 0 Å². The van der Waals surface area contributed by atoms with Gasteiger partial charge in [0.25, 0.3) is 0 Å². The second-order valence-electron chi connectivity index (χ2n) is 6.14. The zero-order chi connectivity index (χ0) is 12.8. The van der Waals surface area contributed by atoms with Gasteiger partial charge in [-0.15, -0.1) is 0 Å². The predicted molar refractivity (Wildman–Crippen MR) is 75.6 cm³/mol. The van der Waals surface area contributed by atoms with Crippen molar-refractivity contribution in [2.75, 3.05) is 32.8 Å². The molecule has 1 saturated carbocycles. The van der Waals surface area contributed by atoms with Gasteiger partial charge in [0.05, 0.1) is 6.61 Å². The summed E-state index contributed by atoms with van der Waals surface area (Å²) >= 11 is 0. The number of nitrogens with two attached hydrogens (primary N) is 1. The largest absolute Gasteiger partial charge is 0.381 e. The number of hydrogen-bond acceptors (Lipinski definition) is 3. The first-order valence-electron chi connectivity index (χ1n) is 7.85. The first-order chi connectivity index (χ1) is 8.79. The molecule has 18 heavy (non-hydrogen) atoms. The highest BCUT2D eigenvalue weighted by molar-refractivity contribution is 4.82. The minimum atomic E-state index is 0.450. The standard InChI is InChI=1S/C15H30N2O/c1-2-18-12-13-6-5-9-17(10-13)11-14-7-3-4-8-15(14)16/h13-15H,2-12,16H2,1H3/t13?,14-,15?/m0/s1. The van der Waals surface area contributed by atoms with E-state index in [0.717, 1.165) is 25.0 Å². The molecular formula is C15H30N2O. The maximum Gasteiger partial charge on any atom is 0.0506 e. The van der Waals surface area contributed by atoms with Gasteiger partial charge in [0.1, 0.15) is 0 Å². The summed E-state index contributed by atoms with van der Waals surface area (Å²) in [4.78, 5) is 2.64. The lowest BCUT2D eigenvalue weighted by Gasteiger charge is -2.38. The highest BCUT2D eigenvalue weighted by Crippen LogP contribution is 2.26. The van der Waals surface area contributed by atoms with Crippen LogP contribution in [-0.4, -0.2) is 43.8 Å². The summed E-state index contributed by atoms with van der Waals surface area (Å²) in [6, 6.07) is 0.450. The van der Waals surface area contributed by atoms with Gasteiger partial charge in [0, 0.05) is 25.7 Å². The van der Waals surface area contributed by atoms with Crippen molar-refractivity contribution in [2.45, 2.75) is 51.5 Å². The molecule has 2 aliphatic rings. The maximum atomic E-state index is 6.26. The molecule has 0 aromatic carbocycles. The van der Waals surface area contributed by atoms with Crippen molar-refractivity contribution in [1.29, 1.82) is 0 Å². The van der Waals surface area contributed by atoms with Crippen molar-refractivity contribution in [3.8, 4) is 0 Å². The fraction of sp³-hybridized carbons (Fsp3) is 1.00. The lowest BCUT2D eigenvalue weighted by atomic mass is 9.84. The molecule has 0 spiro atoms. The molecule has 1 saturated heterocycles. The van der Waals surface area contributed by atoms with E-state index < -0.39 is 0 Å². The van der Waals surface area contributed by atoms with Gasteiger partial charge in [0.15, 0.2) is 0 Å². The quantitative estimate of drug-likeness (QED) is 0.818. The molecule has 0 aromatic heterocycles. The zero-order valence-electron chi connectivity index (χ0n) is 11.9. The lowest BCUT2D eigenvalue weighted by molar-refractivity contribution is 0.0574. The zero-order valence-corrected chi connectivity index (χ0v) is 11.9. The Labute approximate surface area is 112 Å². The fourth-order valence-corrected chi connectivity index (χ4v) is 3.53. The maximum absolute atomic E-state index is 6.26. The second kappa shape index (κ2) is 7.46. The van der Waals surface area contributed by atoms with Crippen LogP contribution in [0.3, 0.4) is 0 Å². The molecule has 1 heterocycles. The first kappa shape index (κ1) is 14.3. The van der Waals surface area contributed by atoms with Crippen molar-refractivity contribution in [2.24, 2.45) is 17.6 Å². The van der Waals surface area contributed by atoms with E-state index in [9.17, 15) is 0 Å². The van der Waals surface area contributed by atoms with Crippen LogP contribution < -0.4 is 5.73 Å². The molecule has 1 aliphatic carbocycles. The van der Waals surface area contributed by atoms with Gasteiger partial charge in [-0.3, -0.25) is 0 Å². The Bertz CT molecular complexity index is 235. The van der Waals surface area contributed by atoms with Crippen molar-refractivity contribution in [1.82, 2.24) is 4.90 Å². The van der Waals surface area contributed by atoms with Crippen LogP contribution in [0.15, 0.2) is 0 Å². The van der Waals surface area contributed by atoms with Crippen molar-refractivity contribution in [3.63, 3.8) is 0 Å². The van der Waals surface area contributed by atoms with Gasteiger partial charge in [-0.05, 0) is 51.0 Å². The highest BCUT2D eigenvalue weighted by Gasteiger charge is 2.26. The summed E-state index contributed by atoms with van der Waals surface area (Å²) in [5.74, 6) is 1.49.